The molecule has 6 nitrogen and oxygen atoms in total. The lowest BCUT2D eigenvalue weighted by Crippen LogP contribution is -2.25. The summed E-state index contributed by atoms with van der Waals surface area (Å²) in [6.45, 7) is 0. The number of anilines is 1. The lowest BCUT2D eigenvalue weighted by atomic mass is 9.92. The Hall–Kier alpha value is -2.37. The van der Waals surface area contributed by atoms with Crippen LogP contribution in [0, 0.1) is 0 Å². The van der Waals surface area contributed by atoms with E-state index in [1.165, 1.54) is 30.5 Å². The van der Waals surface area contributed by atoms with Crippen molar-refractivity contribution in [2.24, 2.45) is 0 Å². The van der Waals surface area contributed by atoms with E-state index in [0.29, 0.717) is 11.7 Å². The number of fused-ring (bicyclic) bond motifs is 1. The zero-order valence-corrected chi connectivity index (χ0v) is 11.7. The van der Waals surface area contributed by atoms with E-state index in [1.54, 1.807) is 10.7 Å². The van der Waals surface area contributed by atoms with Gasteiger partial charge in [0.05, 0.1) is 0 Å². The van der Waals surface area contributed by atoms with Crippen molar-refractivity contribution in [1.82, 2.24) is 20.2 Å². The highest BCUT2D eigenvalue weighted by molar-refractivity contribution is 5.50. The molecule has 0 saturated carbocycles. The number of nitrogens with zero attached hydrogens (tertiary/aromatic N) is 4. The number of phenolic OH excluding ortho intramolecular Hbond substituents is 1. The van der Waals surface area contributed by atoms with Gasteiger partial charge in [-0.3, -0.25) is 0 Å². The van der Waals surface area contributed by atoms with Gasteiger partial charge in [0.25, 0.3) is 0 Å². The molecular weight excluding hydrogens is 266 g/mol. The third kappa shape index (κ3) is 1.98. The van der Waals surface area contributed by atoms with Crippen LogP contribution < -0.4 is 5.32 Å². The number of benzene rings is 1. The molecular formula is C15H17N5O. The third-order valence-corrected chi connectivity index (χ3v) is 4.32. The standard InChI is InChI=1S/C15H17N5O/c21-13-9-5-4-7-11(13)14-10-6-2-1-3-8-12(10)16-15-17-18-19-20(14)15/h4-5,7,9,14,21H,1-3,6,8H2,(H,16,17,19). The average molecular weight is 283 g/mol. The molecule has 1 aromatic heterocycles. The van der Waals surface area contributed by atoms with Gasteiger partial charge >= 0.3 is 0 Å². The molecule has 1 aliphatic carbocycles. The van der Waals surface area contributed by atoms with Gasteiger partial charge in [0.2, 0.25) is 5.95 Å². The maximum absolute atomic E-state index is 10.3. The van der Waals surface area contributed by atoms with E-state index in [0.717, 1.165) is 18.4 Å². The fraction of sp³-hybridized carbons (Fsp3) is 0.400. The highest BCUT2D eigenvalue weighted by Gasteiger charge is 2.32. The highest BCUT2D eigenvalue weighted by Crippen LogP contribution is 2.42. The number of para-hydroxylation sites is 1. The topological polar surface area (TPSA) is 75.9 Å². The Morgan fingerprint density at radius 2 is 2.00 bits per heavy atom. The molecule has 0 spiro atoms. The molecule has 1 aromatic carbocycles. The number of allylic oxidation sites excluding steroid dienone is 2. The monoisotopic (exact) mass is 283 g/mol. The van der Waals surface area contributed by atoms with Gasteiger partial charge in [0.1, 0.15) is 11.8 Å². The number of rotatable bonds is 1. The quantitative estimate of drug-likeness (QED) is 0.841. The molecule has 2 heterocycles. The highest BCUT2D eigenvalue weighted by atomic mass is 16.3. The normalized spacial score (nSPS) is 21.2. The van der Waals surface area contributed by atoms with E-state index in [2.05, 4.69) is 20.8 Å². The molecule has 0 saturated heterocycles. The van der Waals surface area contributed by atoms with Crippen LogP contribution in [0.5, 0.6) is 5.75 Å². The Morgan fingerprint density at radius 3 is 2.90 bits per heavy atom. The Bertz CT molecular complexity index is 706. The summed E-state index contributed by atoms with van der Waals surface area (Å²) in [6.07, 6.45) is 5.62. The molecule has 2 aromatic rings. The number of nitrogens with one attached hydrogen (secondary N) is 1. The molecule has 1 atom stereocenters. The SMILES string of the molecule is Oc1ccccc1C1C2=C(CCCCC2)Nc2nnnn21. The van der Waals surface area contributed by atoms with E-state index in [-0.39, 0.29) is 6.04 Å². The number of aromatic nitrogens is 4. The Kier molecular flexibility index (Phi) is 2.87. The van der Waals surface area contributed by atoms with Crippen LogP contribution in [0.15, 0.2) is 35.5 Å². The molecule has 0 fully saturated rings. The molecule has 6 heteroatoms. The summed E-state index contributed by atoms with van der Waals surface area (Å²) in [5, 5.41) is 25.6. The van der Waals surface area contributed by atoms with Gasteiger partial charge in [-0.05, 0) is 47.7 Å². The first-order valence-corrected chi connectivity index (χ1v) is 7.39. The molecule has 0 bridgehead atoms. The Labute approximate surface area is 122 Å². The minimum atomic E-state index is -0.106. The summed E-state index contributed by atoms with van der Waals surface area (Å²) >= 11 is 0. The Morgan fingerprint density at radius 1 is 1.14 bits per heavy atom. The zero-order valence-electron chi connectivity index (χ0n) is 11.7. The molecule has 4 rings (SSSR count). The molecule has 0 amide bonds. The van der Waals surface area contributed by atoms with Crippen molar-refractivity contribution >= 4 is 5.95 Å². The Balaban J connectivity index is 1.89. The van der Waals surface area contributed by atoms with Gasteiger partial charge < -0.3 is 10.4 Å². The van der Waals surface area contributed by atoms with E-state index in [1.807, 2.05) is 18.2 Å². The number of hydrogen-bond donors (Lipinski definition) is 2. The van der Waals surface area contributed by atoms with Crippen LogP contribution >= 0.6 is 0 Å². The number of tetrazole rings is 1. The van der Waals surface area contributed by atoms with Crippen LogP contribution in [0.1, 0.15) is 43.7 Å². The minimum Gasteiger partial charge on any atom is -0.508 e. The van der Waals surface area contributed by atoms with Crippen molar-refractivity contribution < 1.29 is 5.11 Å². The van der Waals surface area contributed by atoms with E-state index >= 15 is 0 Å². The maximum Gasteiger partial charge on any atom is 0.248 e. The van der Waals surface area contributed by atoms with Crippen molar-refractivity contribution in [3.05, 3.63) is 41.1 Å². The van der Waals surface area contributed by atoms with Gasteiger partial charge in [-0.1, -0.05) is 29.7 Å². The van der Waals surface area contributed by atoms with Crippen LogP contribution in [0.2, 0.25) is 0 Å². The van der Waals surface area contributed by atoms with Gasteiger partial charge in [0.15, 0.2) is 0 Å². The van der Waals surface area contributed by atoms with E-state index < -0.39 is 0 Å². The first-order chi connectivity index (χ1) is 10.3. The summed E-state index contributed by atoms with van der Waals surface area (Å²) in [4.78, 5) is 0. The van der Waals surface area contributed by atoms with Crippen molar-refractivity contribution in [3.63, 3.8) is 0 Å². The van der Waals surface area contributed by atoms with Gasteiger partial charge in [-0.2, -0.15) is 4.68 Å². The predicted molar refractivity (Wildman–Crippen MR) is 77.8 cm³/mol. The summed E-state index contributed by atoms with van der Waals surface area (Å²) < 4.78 is 1.78. The molecule has 2 N–H and O–H groups in total. The lowest BCUT2D eigenvalue weighted by Gasteiger charge is -2.29. The average Bonchev–Trinajstić information content (AvgIpc) is 2.83. The molecule has 0 radical (unpaired) electrons. The van der Waals surface area contributed by atoms with Gasteiger partial charge in [0, 0.05) is 11.3 Å². The summed E-state index contributed by atoms with van der Waals surface area (Å²) in [5.74, 6) is 0.950. The van der Waals surface area contributed by atoms with E-state index in [4.69, 9.17) is 0 Å². The minimum absolute atomic E-state index is 0.106. The van der Waals surface area contributed by atoms with Crippen molar-refractivity contribution in [2.45, 2.75) is 38.1 Å². The van der Waals surface area contributed by atoms with Crippen LogP contribution in [0.25, 0.3) is 0 Å². The first-order valence-electron chi connectivity index (χ1n) is 7.39. The summed E-state index contributed by atoms with van der Waals surface area (Å²) in [6, 6.07) is 7.34. The maximum atomic E-state index is 10.3. The summed E-state index contributed by atoms with van der Waals surface area (Å²) in [5.41, 5.74) is 3.39. The molecule has 21 heavy (non-hydrogen) atoms. The lowest BCUT2D eigenvalue weighted by molar-refractivity contribution is 0.448. The fourth-order valence-corrected chi connectivity index (χ4v) is 3.32. The first kappa shape index (κ1) is 12.4. The second-order valence-corrected chi connectivity index (χ2v) is 5.60. The molecule has 1 unspecified atom stereocenters. The third-order valence-electron chi connectivity index (χ3n) is 4.32. The van der Waals surface area contributed by atoms with Crippen molar-refractivity contribution in [1.29, 1.82) is 0 Å². The zero-order chi connectivity index (χ0) is 14.2. The van der Waals surface area contributed by atoms with Gasteiger partial charge in [-0.15, -0.1) is 0 Å². The largest absolute Gasteiger partial charge is 0.508 e. The predicted octanol–water partition coefficient (Wildman–Crippen LogP) is 2.61. The molecule has 1 aliphatic heterocycles. The molecule has 108 valence electrons. The van der Waals surface area contributed by atoms with Crippen LogP contribution in [0.3, 0.4) is 0 Å². The second kappa shape index (κ2) is 4.87. The van der Waals surface area contributed by atoms with Gasteiger partial charge in [-0.25, -0.2) is 0 Å². The number of aromatic hydroxyl groups is 1. The fourth-order valence-electron chi connectivity index (χ4n) is 3.32. The van der Waals surface area contributed by atoms with Crippen LogP contribution in [-0.4, -0.2) is 25.3 Å². The second-order valence-electron chi connectivity index (χ2n) is 5.60. The van der Waals surface area contributed by atoms with Crippen LogP contribution in [-0.2, 0) is 0 Å². The van der Waals surface area contributed by atoms with Crippen LogP contribution in [0.4, 0.5) is 5.95 Å². The molecule has 2 aliphatic rings. The smallest absolute Gasteiger partial charge is 0.248 e. The van der Waals surface area contributed by atoms with E-state index in [9.17, 15) is 5.11 Å². The van der Waals surface area contributed by atoms with Crippen molar-refractivity contribution in [2.75, 3.05) is 5.32 Å². The number of hydrogen-bond acceptors (Lipinski definition) is 5. The van der Waals surface area contributed by atoms with Crippen molar-refractivity contribution in [3.8, 4) is 5.75 Å². The summed E-state index contributed by atoms with van der Waals surface area (Å²) in [7, 11) is 0. The number of phenols is 1.